The number of aromatic nitrogens is 2. The summed E-state index contributed by atoms with van der Waals surface area (Å²) in [6, 6.07) is 10.2. The molecule has 2 N–H and O–H groups in total. The van der Waals surface area contributed by atoms with Gasteiger partial charge in [-0.2, -0.15) is 4.98 Å². The predicted molar refractivity (Wildman–Crippen MR) is 165 cm³/mol. The van der Waals surface area contributed by atoms with Crippen LogP contribution in [0.4, 0.5) is 26.2 Å². The van der Waals surface area contributed by atoms with Gasteiger partial charge < -0.3 is 20.4 Å². The molecule has 4 rings (SSSR count). The fourth-order valence-corrected chi connectivity index (χ4v) is 5.10. The van der Waals surface area contributed by atoms with Crippen LogP contribution in [-0.4, -0.2) is 66.6 Å². The summed E-state index contributed by atoms with van der Waals surface area (Å²) in [5.41, 5.74) is 4.90. The molecule has 1 fully saturated rings. The van der Waals surface area contributed by atoms with Crippen molar-refractivity contribution in [3.8, 4) is 11.3 Å². The van der Waals surface area contributed by atoms with Gasteiger partial charge in [-0.15, -0.1) is 0 Å². The molecule has 0 unspecified atom stereocenters. The SMILES string of the molecule is C=CN(c1nc(NC2CCN(C)CC2)nc(-c2cc(C(=C)N(C)CC)ccc2C)c1CNC)c1c(F)cccc1F. The standard InChI is InChI=1S/C32H41F2N7/c1-8-40(7)22(4)23-14-13-21(3)25(19-23)29-26(20-35-5)31(41(9-2)30-27(33)11-10-12-28(30)34)38-32(37-29)36-24-15-17-39(6)18-16-24/h9-14,19,24,35H,2,4,8,15-18,20H2,1,3,5-7H3,(H,36,37,38). The van der Waals surface area contributed by atoms with E-state index in [-0.39, 0.29) is 11.7 Å². The van der Waals surface area contributed by atoms with E-state index in [1.165, 1.54) is 29.3 Å². The molecule has 0 saturated carbocycles. The van der Waals surface area contributed by atoms with Crippen molar-refractivity contribution in [3.05, 3.63) is 84.1 Å². The van der Waals surface area contributed by atoms with E-state index in [0.29, 0.717) is 29.6 Å². The maximum atomic E-state index is 15.1. The predicted octanol–water partition coefficient (Wildman–Crippen LogP) is 6.16. The van der Waals surface area contributed by atoms with Crippen LogP contribution in [0.1, 0.15) is 36.5 Å². The first kappa shape index (κ1) is 30.1. The highest BCUT2D eigenvalue weighted by molar-refractivity contribution is 5.79. The van der Waals surface area contributed by atoms with E-state index in [0.717, 1.165) is 54.9 Å². The topological polar surface area (TPSA) is 59.6 Å². The van der Waals surface area contributed by atoms with Gasteiger partial charge in [0.05, 0.1) is 5.69 Å². The van der Waals surface area contributed by atoms with Gasteiger partial charge in [0, 0.05) is 49.2 Å². The van der Waals surface area contributed by atoms with E-state index in [1.54, 1.807) is 0 Å². The highest BCUT2D eigenvalue weighted by Gasteiger charge is 2.26. The molecular weight excluding hydrogens is 520 g/mol. The normalized spacial score (nSPS) is 14.1. The minimum atomic E-state index is -0.706. The van der Waals surface area contributed by atoms with Gasteiger partial charge >= 0.3 is 0 Å². The summed E-state index contributed by atoms with van der Waals surface area (Å²) in [5.74, 6) is -0.653. The lowest BCUT2D eigenvalue weighted by Crippen LogP contribution is -2.37. The molecule has 0 radical (unpaired) electrons. The molecule has 1 aromatic heterocycles. The van der Waals surface area contributed by atoms with Crippen molar-refractivity contribution < 1.29 is 8.78 Å². The Labute approximate surface area is 242 Å². The third-order valence-electron chi connectivity index (χ3n) is 7.74. The largest absolute Gasteiger partial charge is 0.375 e. The second-order valence-corrected chi connectivity index (χ2v) is 10.6. The lowest BCUT2D eigenvalue weighted by molar-refractivity contribution is 0.263. The smallest absolute Gasteiger partial charge is 0.225 e. The van der Waals surface area contributed by atoms with Crippen LogP contribution >= 0.6 is 0 Å². The molecule has 0 spiro atoms. The molecule has 1 aliphatic rings. The number of nitrogens with zero attached hydrogens (tertiary/aromatic N) is 5. The lowest BCUT2D eigenvalue weighted by atomic mass is 9.97. The minimum absolute atomic E-state index is 0.176. The molecule has 0 aliphatic carbocycles. The Bertz CT molecular complexity index is 1380. The van der Waals surface area contributed by atoms with Gasteiger partial charge in [0.15, 0.2) is 0 Å². The molecule has 1 saturated heterocycles. The lowest BCUT2D eigenvalue weighted by Gasteiger charge is -2.30. The van der Waals surface area contributed by atoms with Crippen molar-refractivity contribution in [2.24, 2.45) is 0 Å². The summed E-state index contributed by atoms with van der Waals surface area (Å²) >= 11 is 0. The molecule has 0 amide bonds. The van der Waals surface area contributed by atoms with Crippen LogP contribution in [0.25, 0.3) is 17.0 Å². The van der Waals surface area contributed by atoms with Crippen LogP contribution in [-0.2, 0) is 6.54 Å². The number of benzene rings is 2. The zero-order valence-corrected chi connectivity index (χ0v) is 24.8. The number of anilines is 3. The van der Waals surface area contributed by atoms with Gasteiger partial charge in [0.2, 0.25) is 5.95 Å². The molecule has 1 aliphatic heterocycles. The number of aryl methyl sites for hydroxylation is 1. The Morgan fingerprint density at radius 2 is 1.83 bits per heavy atom. The van der Waals surface area contributed by atoms with Gasteiger partial charge in [0.1, 0.15) is 23.1 Å². The van der Waals surface area contributed by atoms with Gasteiger partial charge in [-0.25, -0.2) is 13.8 Å². The number of hydrogen-bond acceptors (Lipinski definition) is 7. The van der Waals surface area contributed by atoms with Crippen molar-refractivity contribution in [1.29, 1.82) is 0 Å². The third-order valence-corrected chi connectivity index (χ3v) is 7.74. The van der Waals surface area contributed by atoms with Crippen molar-refractivity contribution in [3.63, 3.8) is 0 Å². The molecule has 7 nitrogen and oxygen atoms in total. The zero-order valence-electron chi connectivity index (χ0n) is 24.8. The molecule has 41 heavy (non-hydrogen) atoms. The van der Waals surface area contributed by atoms with Crippen LogP contribution in [0.5, 0.6) is 0 Å². The van der Waals surface area contributed by atoms with E-state index >= 15 is 8.78 Å². The molecule has 2 heterocycles. The quantitative estimate of drug-likeness (QED) is 0.291. The third kappa shape index (κ3) is 6.57. The second kappa shape index (κ2) is 13.2. The minimum Gasteiger partial charge on any atom is -0.375 e. The van der Waals surface area contributed by atoms with E-state index in [9.17, 15) is 0 Å². The summed E-state index contributed by atoms with van der Waals surface area (Å²) in [4.78, 5) is 15.7. The van der Waals surface area contributed by atoms with Gasteiger partial charge in [-0.3, -0.25) is 4.90 Å². The molecular formula is C32H41F2N7. The number of likely N-dealkylation sites (tertiary alicyclic amines) is 1. The van der Waals surface area contributed by atoms with Crippen molar-refractivity contribution >= 4 is 23.2 Å². The van der Waals surface area contributed by atoms with Crippen LogP contribution < -0.4 is 15.5 Å². The van der Waals surface area contributed by atoms with Crippen molar-refractivity contribution in [1.82, 2.24) is 25.1 Å². The molecule has 218 valence electrons. The maximum absolute atomic E-state index is 15.1. The van der Waals surface area contributed by atoms with Gasteiger partial charge in [0.25, 0.3) is 0 Å². The number of hydrogen-bond donors (Lipinski definition) is 2. The number of nitrogens with one attached hydrogen (secondary N) is 2. The highest BCUT2D eigenvalue weighted by Crippen LogP contribution is 2.38. The first-order valence-electron chi connectivity index (χ1n) is 14.1. The average molecular weight is 562 g/mol. The average Bonchev–Trinajstić information content (AvgIpc) is 2.96. The fraction of sp³-hybridized carbons (Fsp3) is 0.375. The summed E-state index contributed by atoms with van der Waals surface area (Å²) in [6.07, 6.45) is 3.27. The first-order chi connectivity index (χ1) is 19.7. The monoisotopic (exact) mass is 561 g/mol. The van der Waals surface area contributed by atoms with Gasteiger partial charge in [-0.1, -0.05) is 31.4 Å². The van der Waals surface area contributed by atoms with Crippen molar-refractivity contribution in [2.75, 3.05) is 51.0 Å². The molecule has 9 heteroatoms. The Morgan fingerprint density at radius 1 is 1.15 bits per heavy atom. The van der Waals surface area contributed by atoms with E-state index in [1.807, 2.05) is 21.0 Å². The summed E-state index contributed by atoms with van der Waals surface area (Å²) in [7, 11) is 5.94. The number of rotatable bonds is 11. The number of para-hydroxylation sites is 1. The van der Waals surface area contributed by atoms with Crippen LogP contribution in [0, 0.1) is 18.6 Å². The Kier molecular flexibility index (Phi) is 9.73. The van der Waals surface area contributed by atoms with Gasteiger partial charge in [-0.05, 0) is 83.2 Å². The molecule has 3 aromatic rings. The van der Waals surface area contributed by atoms with Crippen LogP contribution in [0.3, 0.4) is 0 Å². The summed E-state index contributed by atoms with van der Waals surface area (Å²) in [6.45, 7) is 15.4. The van der Waals surface area contributed by atoms with Crippen molar-refractivity contribution in [2.45, 2.75) is 39.3 Å². The zero-order chi connectivity index (χ0) is 29.7. The van der Waals surface area contributed by atoms with E-state index in [2.05, 4.69) is 65.8 Å². The van der Waals surface area contributed by atoms with Crippen LogP contribution in [0.15, 0.2) is 55.8 Å². The summed E-state index contributed by atoms with van der Waals surface area (Å²) < 4.78 is 30.2. The second-order valence-electron chi connectivity index (χ2n) is 10.6. The maximum Gasteiger partial charge on any atom is 0.225 e. The Balaban J connectivity index is 1.95. The number of piperidine rings is 1. The molecule has 2 aromatic carbocycles. The van der Waals surface area contributed by atoms with E-state index in [4.69, 9.17) is 9.97 Å². The number of halogens is 2. The van der Waals surface area contributed by atoms with Crippen LogP contribution in [0.2, 0.25) is 0 Å². The van der Waals surface area contributed by atoms with E-state index < -0.39 is 11.6 Å². The highest BCUT2D eigenvalue weighted by atomic mass is 19.1. The summed E-state index contributed by atoms with van der Waals surface area (Å²) in [5, 5.41) is 6.73. The molecule has 0 atom stereocenters. The Morgan fingerprint density at radius 3 is 2.44 bits per heavy atom. The Hall–Kier alpha value is -3.82. The fourth-order valence-electron chi connectivity index (χ4n) is 5.10. The first-order valence-corrected chi connectivity index (χ1v) is 14.1. The molecule has 0 bridgehead atoms.